The number of nitrogens with one attached hydrogen (secondary N) is 1. The monoisotopic (exact) mass is 230 g/mol. The van der Waals surface area contributed by atoms with Crippen LogP contribution in [0.15, 0.2) is 29.1 Å². The lowest BCUT2D eigenvalue weighted by molar-refractivity contribution is 0.691. The number of fused-ring (bicyclic) bond motifs is 1. The summed E-state index contributed by atoms with van der Waals surface area (Å²) in [5.41, 5.74) is 8.48. The summed E-state index contributed by atoms with van der Waals surface area (Å²) >= 11 is 0. The highest BCUT2D eigenvalue weighted by Gasteiger charge is 2.06. The van der Waals surface area contributed by atoms with E-state index in [4.69, 9.17) is 5.73 Å². The minimum atomic E-state index is -0.0137. The number of pyridine rings is 1. The molecule has 0 radical (unpaired) electrons. The van der Waals surface area contributed by atoms with E-state index in [0.29, 0.717) is 12.5 Å². The number of benzene rings is 1. The average Bonchev–Trinajstić information content (AvgIpc) is 2.30. The average molecular weight is 230 g/mol. The molecule has 0 fully saturated rings. The number of hydrogen-bond acceptors (Lipinski definition) is 2. The van der Waals surface area contributed by atoms with E-state index in [2.05, 4.69) is 24.0 Å². The van der Waals surface area contributed by atoms with Crippen LogP contribution >= 0.6 is 0 Å². The van der Waals surface area contributed by atoms with E-state index in [1.54, 1.807) is 0 Å². The van der Waals surface area contributed by atoms with Gasteiger partial charge in [-0.25, -0.2) is 0 Å². The smallest absolute Gasteiger partial charge is 0.251 e. The zero-order valence-electron chi connectivity index (χ0n) is 10.3. The molecule has 1 atom stereocenters. The van der Waals surface area contributed by atoms with Crippen molar-refractivity contribution in [2.45, 2.75) is 26.2 Å². The van der Waals surface area contributed by atoms with Crippen molar-refractivity contribution >= 4 is 10.9 Å². The molecule has 0 saturated carbocycles. The van der Waals surface area contributed by atoms with Gasteiger partial charge in [0, 0.05) is 11.1 Å². The van der Waals surface area contributed by atoms with Gasteiger partial charge in [-0.05, 0) is 55.0 Å². The highest BCUT2D eigenvalue weighted by molar-refractivity contribution is 5.79. The Bertz CT molecular complexity index is 586. The van der Waals surface area contributed by atoms with Crippen molar-refractivity contribution in [3.63, 3.8) is 0 Å². The Hall–Kier alpha value is -1.61. The molecule has 0 aliphatic rings. The van der Waals surface area contributed by atoms with Gasteiger partial charge in [0.25, 0.3) is 5.56 Å². The minimum Gasteiger partial charge on any atom is -0.330 e. The van der Waals surface area contributed by atoms with E-state index in [1.807, 2.05) is 19.1 Å². The topological polar surface area (TPSA) is 58.9 Å². The zero-order chi connectivity index (χ0) is 12.4. The molecule has 3 nitrogen and oxygen atoms in total. The predicted molar refractivity (Wildman–Crippen MR) is 71.4 cm³/mol. The third-order valence-corrected chi connectivity index (χ3v) is 3.22. The van der Waals surface area contributed by atoms with E-state index >= 15 is 0 Å². The highest BCUT2D eigenvalue weighted by atomic mass is 16.1. The Kier molecular flexibility index (Phi) is 3.29. The van der Waals surface area contributed by atoms with Gasteiger partial charge in [-0.15, -0.1) is 0 Å². The molecule has 0 amide bonds. The van der Waals surface area contributed by atoms with Crippen molar-refractivity contribution in [2.75, 3.05) is 6.54 Å². The molecule has 1 aromatic carbocycles. The second-order valence-corrected chi connectivity index (χ2v) is 4.61. The number of aryl methyl sites for hydroxylation is 1. The second kappa shape index (κ2) is 4.72. The number of H-pyrrole nitrogens is 1. The number of aromatic amines is 1. The molecule has 1 heterocycles. The Morgan fingerprint density at radius 1 is 1.35 bits per heavy atom. The summed E-state index contributed by atoms with van der Waals surface area (Å²) in [5.74, 6) is 0.455. The molecule has 0 spiro atoms. The van der Waals surface area contributed by atoms with Crippen LogP contribution in [0.4, 0.5) is 0 Å². The number of hydrogen-bond donors (Lipinski definition) is 2. The SMILES string of the molecule is Cc1cc2cc(C(C)CCN)ccc2[nH]c1=O. The fraction of sp³-hybridized carbons (Fsp3) is 0.357. The van der Waals surface area contributed by atoms with E-state index < -0.39 is 0 Å². The predicted octanol–water partition coefficient (Wildman–Crippen LogP) is 2.29. The standard InChI is InChI=1S/C14H18N2O/c1-9(5-6-15)11-3-4-13-12(8-11)7-10(2)14(17)16-13/h3-4,7-9H,5-6,15H2,1-2H3,(H,16,17). The maximum absolute atomic E-state index is 11.5. The summed E-state index contributed by atoms with van der Waals surface area (Å²) in [5, 5.41) is 1.09. The van der Waals surface area contributed by atoms with Crippen LogP contribution in [-0.2, 0) is 0 Å². The molecule has 1 aromatic heterocycles. The van der Waals surface area contributed by atoms with E-state index in [0.717, 1.165) is 22.9 Å². The molecule has 3 N–H and O–H groups in total. The van der Waals surface area contributed by atoms with Gasteiger partial charge in [0.15, 0.2) is 0 Å². The van der Waals surface area contributed by atoms with E-state index in [9.17, 15) is 4.79 Å². The molecule has 1 unspecified atom stereocenters. The van der Waals surface area contributed by atoms with Gasteiger partial charge in [0.1, 0.15) is 0 Å². The van der Waals surface area contributed by atoms with Gasteiger partial charge < -0.3 is 10.7 Å². The molecule has 17 heavy (non-hydrogen) atoms. The van der Waals surface area contributed by atoms with Crippen LogP contribution in [0, 0.1) is 6.92 Å². The van der Waals surface area contributed by atoms with Crippen molar-refractivity contribution in [1.82, 2.24) is 4.98 Å². The Morgan fingerprint density at radius 2 is 2.12 bits per heavy atom. The lowest BCUT2D eigenvalue weighted by Crippen LogP contribution is -2.09. The number of rotatable bonds is 3. The van der Waals surface area contributed by atoms with Gasteiger partial charge in [-0.3, -0.25) is 4.79 Å². The summed E-state index contributed by atoms with van der Waals surface area (Å²) in [7, 11) is 0. The van der Waals surface area contributed by atoms with Crippen molar-refractivity contribution in [3.8, 4) is 0 Å². The first-order chi connectivity index (χ1) is 8.11. The van der Waals surface area contributed by atoms with Crippen LogP contribution in [0.5, 0.6) is 0 Å². The molecule has 0 saturated heterocycles. The normalized spacial score (nSPS) is 12.9. The van der Waals surface area contributed by atoms with Gasteiger partial charge in [0.2, 0.25) is 0 Å². The summed E-state index contributed by atoms with van der Waals surface area (Å²) in [6.45, 7) is 4.70. The number of nitrogens with two attached hydrogens (primary N) is 1. The summed E-state index contributed by atoms with van der Waals surface area (Å²) in [6, 6.07) is 8.11. The van der Waals surface area contributed by atoms with Gasteiger partial charge >= 0.3 is 0 Å². The van der Waals surface area contributed by atoms with Crippen LogP contribution < -0.4 is 11.3 Å². The lowest BCUT2D eigenvalue weighted by Gasteiger charge is -2.11. The van der Waals surface area contributed by atoms with Gasteiger partial charge in [-0.2, -0.15) is 0 Å². The molecule has 2 aromatic rings. The third-order valence-electron chi connectivity index (χ3n) is 3.22. The first-order valence-electron chi connectivity index (χ1n) is 5.95. The van der Waals surface area contributed by atoms with Crippen LogP contribution in [0.25, 0.3) is 10.9 Å². The van der Waals surface area contributed by atoms with Crippen LogP contribution in [0.2, 0.25) is 0 Å². The minimum absolute atomic E-state index is 0.0137. The molecule has 90 valence electrons. The first-order valence-corrected chi connectivity index (χ1v) is 5.95. The fourth-order valence-corrected chi connectivity index (χ4v) is 2.06. The molecule has 0 bridgehead atoms. The van der Waals surface area contributed by atoms with Crippen LogP contribution in [-0.4, -0.2) is 11.5 Å². The molecular formula is C14H18N2O. The van der Waals surface area contributed by atoms with Crippen LogP contribution in [0.1, 0.15) is 30.4 Å². The van der Waals surface area contributed by atoms with Crippen molar-refractivity contribution in [2.24, 2.45) is 5.73 Å². The maximum atomic E-state index is 11.5. The van der Waals surface area contributed by atoms with Crippen LogP contribution in [0.3, 0.4) is 0 Å². The number of aromatic nitrogens is 1. The lowest BCUT2D eigenvalue weighted by atomic mass is 9.96. The van der Waals surface area contributed by atoms with E-state index in [-0.39, 0.29) is 5.56 Å². The Balaban J connectivity index is 2.50. The summed E-state index contributed by atoms with van der Waals surface area (Å²) < 4.78 is 0. The maximum Gasteiger partial charge on any atom is 0.251 e. The Morgan fingerprint density at radius 3 is 2.82 bits per heavy atom. The molecule has 3 heteroatoms. The van der Waals surface area contributed by atoms with E-state index in [1.165, 1.54) is 5.56 Å². The largest absolute Gasteiger partial charge is 0.330 e. The van der Waals surface area contributed by atoms with Crippen molar-refractivity contribution in [3.05, 3.63) is 45.7 Å². The summed E-state index contributed by atoms with van der Waals surface area (Å²) in [4.78, 5) is 14.4. The fourth-order valence-electron chi connectivity index (χ4n) is 2.06. The van der Waals surface area contributed by atoms with Gasteiger partial charge in [0.05, 0.1) is 0 Å². The zero-order valence-corrected chi connectivity index (χ0v) is 10.3. The second-order valence-electron chi connectivity index (χ2n) is 4.61. The first kappa shape index (κ1) is 11.9. The highest BCUT2D eigenvalue weighted by Crippen LogP contribution is 2.22. The Labute approximate surface area is 101 Å². The molecule has 0 aliphatic carbocycles. The van der Waals surface area contributed by atoms with Crippen molar-refractivity contribution in [1.29, 1.82) is 0 Å². The molecule has 2 rings (SSSR count). The van der Waals surface area contributed by atoms with Gasteiger partial charge in [-0.1, -0.05) is 13.0 Å². The van der Waals surface area contributed by atoms with Crippen molar-refractivity contribution < 1.29 is 0 Å². The molecular weight excluding hydrogens is 212 g/mol. The quantitative estimate of drug-likeness (QED) is 0.850. The molecule has 0 aliphatic heterocycles. The third kappa shape index (κ3) is 2.39. The summed E-state index contributed by atoms with van der Waals surface area (Å²) in [6.07, 6.45) is 0.980.